The summed E-state index contributed by atoms with van der Waals surface area (Å²) >= 11 is 0. The lowest BCUT2D eigenvalue weighted by Gasteiger charge is -2.30. The van der Waals surface area contributed by atoms with Crippen molar-refractivity contribution >= 4 is 23.7 Å². The maximum atomic E-state index is 13.3. The lowest BCUT2D eigenvalue weighted by Crippen LogP contribution is -2.32. The van der Waals surface area contributed by atoms with Gasteiger partial charge in [-0.1, -0.05) is 18.2 Å². The molecule has 0 amide bonds. The molecule has 3 heterocycles. The number of nitro benzene ring substituents is 1. The maximum Gasteiger partial charge on any atom is 0.337 e. The molecule has 1 aliphatic heterocycles. The number of esters is 2. The fourth-order valence-electron chi connectivity index (χ4n) is 4.42. The molecule has 2 N–H and O–H groups in total. The number of rotatable bonds is 9. The molecular weight excluding hydrogens is 502 g/mol. The van der Waals surface area contributed by atoms with E-state index < -0.39 is 22.8 Å². The van der Waals surface area contributed by atoms with Crippen molar-refractivity contribution in [1.82, 2.24) is 20.3 Å². The number of imidazole rings is 1. The number of nitrogens with zero attached hydrogens (tertiary/aromatic N) is 3. The molecule has 0 bridgehead atoms. The van der Waals surface area contributed by atoms with Crippen molar-refractivity contribution in [3.8, 4) is 0 Å². The predicted octanol–water partition coefficient (Wildman–Crippen LogP) is 3.97. The molecule has 0 spiro atoms. The monoisotopic (exact) mass is 529 g/mol. The third-order valence-electron chi connectivity index (χ3n) is 6.13. The Labute approximate surface area is 224 Å². The molecule has 1 atom stereocenters. The van der Waals surface area contributed by atoms with Crippen LogP contribution in [0.1, 0.15) is 42.5 Å². The summed E-state index contributed by atoms with van der Waals surface area (Å²) in [6, 6.07) is 11.4. The van der Waals surface area contributed by atoms with Crippen molar-refractivity contribution < 1.29 is 24.0 Å². The quantitative estimate of drug-likeness (QED) is 0.238. The zero-order valence-electron chi connectivity index (χ0n) is 21.6. The zero-order chi connectivity index (χ0) is 27.9. The van der Waals surface area contributed by atoms with Crippen LogP contribution in [0, 0.1) is 10.1 Å². The predicted molar refractivity (Wildman–Crippen MR) is 142 cm³/mol. The Kier molecular flexibility index (Phi) is 8.30. The van der Waals surface area contributed by atoms with Gasteiger partial charge in [0, 0.05) is 48.0 Å². The van der Waals surface area contributed by atoms with E-state index in [1.54, 1.807) is 44.5 Å². The minimum Gasteiger partial charge on any atom is -0.466 e. The van der Waals surface area contributed by atoms with Crippen LogP contribution in [0.5, 0.6) is 0 Å². The number of methoxy groups -OCH3 is 1. The van der Waals surface area contributed by atoms with E-state index in [4.69, 9.17) is 9.47 Å². The number of pyridine rings is 1. The number of hydrogen-bond acceptors (Lipinski definition) is 9. The van der Waals surface area contributed by atoms with Crippen LogP contribution in [-0.4, -0.2) is 45.5 Å². The molecular formula is C28H27N5O6. The number of aromatic nitrogens is 3. The highest BCUT2D eigenvalue weighted by Gasteiger charge is 2.38. The Hall–Kier alpha value is -5.06. The number of allylic oxidation sites excluding steroid dienone is 2. The number of aromatic amines is 1. The molecule has 2 aromatic heterocycles. The van der Waals surface area contributed by atoms with Gasteiger partial charge in [0.25, 0.3) is 5.69 Å². The van der Waals surface area contributed by atoms with Crippen LogP contribution in [-0.2, 0) is 25.5 Å². The van der Waals surface area contributed by atoms with E-state index in [0.29, 0.717) is 29.1 Å². The summed E-state index contributed by atoms with van der Waals surface area (Å²) in [5.74, 6) is -1.45. The van der Waals surface area contributed by atoms with Crippen LogP contribution in [0.3, 0.4) is 0 Å². The van der Waals surface area contributed by atoms with Crippen molar-refractivity contribution in [3.05, 3.63) is 116 Å². The number of carbonyl (C=O) groups excluding carboxylic acids is 2. The maximum absolute atomic E-state index is 13.3. The summed E-state index contributed by atoms with van der Waals surface area (Å²) in [6.45, 7) is 3.30. The fourth-order valence-corrected chi connectivity index (χ4v) is 4.42. The van der Waals surface area contributed by atoms with Gasteiger partial charge in [-0.15, -0.1) is 0 Å². The van der Waals surface area contributed by atoms with Crippen LogP contribution in [0.4, 0.5) is 5.69 Å². The van der Waals surface area contributed by atoms with Gasteiger partial charge in [-0.05, 0) is 43.7 Å². The zero-order valence-corrected chi connectivity index (χ0v) is 21.6. The molecule has 1 unspecified atom stereocenters. The van der Waals surface area contributed by atoms with Crippen LogP contribution in [0.15, 0.2) is 83.5 Å². The highest BCUT2D eigenvalue weighted by molar-refractivity contribution is 6.00. The SMILES string of the molecule is COC(=O)C1=C(C)NC(C)=C(C(=O)OC/C=C/c2cccc(Cc3ncc[nH]3)n2)C1c1cccc([N+](=O)[O-])c1. The number of H-pyrrole nitrogens is 1. The van der Waals surface area contributed by atoms with E-state index in [1.807, 2.05) is 18.2 Å². The van der Waals surface area contributed by atoms with E-state index in [1.165, 1.54) is 25.3 Å². The van der Waals surface area contributed by atoms with Gasteiger partial charge in [0.1, 0.15) is 12.4 Å². The minimum atomic E-state index is -0.921. The number of ether oxygens (including phenoxy) is 2. The van der Waals surface area contributed by atoms with Crippen LogP contribution >= 0.6 is 0 Å². The van der Waals surface area contributed by atoms with Gasteiger partial charge in [0.15, 0.2) is 0 Å². The standard InChI is InChI=1S/C28H27N5O6/c1-17-24(27(34)38-3)26(19-7-4-11-22(15-19)33(36)37)25(18(2)31-17)28(35)39-14-6-10-20-8-5-9-21(32-20)16-23-29-12-13-30-23/h4-13,15,26,31H,14,16H2,1-3H3,(H,29,30)/b10-6+. The van der Waals surface area contributed by atoms with Crippen molar-refractivity contribution in [2.24, 2.45) is 0 Å². The van der Waals surface area contributed by atoms with Gasteiger partial charge in [-0.2, -0.15) is 0 Å². The first-order valence-corrected chi connectivity index (χ1v) is 12.1. The molecule has 1 aromatic carbocycles. The Bertz CT molecular complexity index is 1490. The average molecular weight is 530 g/mol. The summed E-state index contributed by atoms with van der Waals surface area (Å²) in [7, 11) is 1.23. The van der Waals surface area contributed by atoms with Gasteiger partial charge < -0.3 is 19.8 Å². The second kappa shape index (κ2) is 12.0. The molecule has 0 saturated carbocycles. The summed E-state index contributed by atoms with van der Waals surface area (Å²) in [5.41, 5.74) is 3.03. The Morgan fingerprint density at radius 2 is 1.85 bits per heavy atom. The van der Waals surface area contributed by atoms with Crippen LogP contribution in [0.2, 0.25) is 0 Å². The van der Waals surface area contributed by atoms with Crippen molar-refractivity contribution in [2.75, 3.05) is 13.7 Å². The van der Waals surface area contributed by atoms with Gasteiger partial charge in [0.2, 0.25) is 0 Å². The van der Waals surface area contributed by atoms with E-state index in [-0.39, 0.29) is 23.4 Å². The fraction of sp³-hybridized carbons (Fsp3) is 0.214. The minimum absolute atomic E-state index is 0.0579. The smallest absolute Gasteiger partial charge is 0.337 e. The van der Waals surface area contributed by atoms with Gasteiger partial charge >= 0.3 is 11.9 Å². The number of hydrogen-bond donors (Lipinski definition) is 2. The van der Waals surface area contributed by atoms with Gasteiger partial charge in [-0.25, -0.2) is 14.6 Å². The number of nitrogens with one attached hydrogen (secondary N) is 2. The van der Waals surface area contributed by atoms with Crippen molar-refractivity contribution in [3.63, 3.8) is 0 Å². The number of carbonyl (C=O) groups is 2. The van der Waals surface area contributed by atoms with E-state index in [2.05, 4.69) is 20.3 Å². The Balaban J connectivity index is 1.54. The lowest BCUT2D eigenvalue weighted by atomic mass is 9.80. The van der Waals surface area contributed by atoms with Crippen LogP contribution in [0.25, 0.3) is 6.08 Å². The highest BCUT2D eigenvalue weighted by atomic mass is 16.6. The number of dihydropyridines is 1. The number of nitro groups is 1. The third-order valence-corrected chi connectivity index (χ3v) is 6.13. The average Bonchev–Trinajstić information content (AvgIpc) is 3.43. The molecule has 0 radical (unpaired) electrons. The normalized spacial score (nSPS) is 15.3. The van der Waals surface area contributed by atoms with Crippen molar-refractivity contribution in [1.29, 1.82) is 0 Å². The van der Waals surface area contributed by atoms with Gasteiger partial charge in [-0.3, -0.25) is 15.1 Å². The first-order valence-electron chi connectivity index (χ1n) is 12.1. The molecule has 0 aliphatic carbocycles. The molecule has 11 heteroatoms. The van der Waals surface area contributed by atoms with Crippen LogP contribution < -0.4 is 5.32 Å². The number of benzene rings is 1. The molecule has 0 fully saturated rings. The second-order valence-electron chi connectivity index (χ2n) is 8.75. The third kappa shape index (κ3) is 6.27. The molecule has 3 aromatic rings. The molecule has 11 nitrogen and oxygen atoms in total. The Morgan fingerprint density at radius 3 is 2.54 bits per heavy atom. The van der Waals surface area contributed by atoms with E-state index in [0.717, 1.165) is 11.5 Å². The first kappa shape index (κ1) is 27.0. The largest absolute Gasteiger partial charge is 0.466 e. The van der Waals surface area contributed by atoms with E-state index >= 15 is 0 Å². The molecule has 200 valence electrons. The summed E-state index contributed by atoms with van der Waals surface area (Å²) in [5, 5.41) is 14.5. The van der Waals surface area contributed by atoms with Crippen molar-refractivity contribution in [2.45, 2.75) is 26.2 Å². The summed E-state index contributed by atoms with van der Waals surface area (Å²) in [4.78, 5) is 48.8. The summed E-state index contributed by atoms with van der Waals surface area (Å²) < 4.78 is 10.5. The summed E-state index contributed by atoms with van der Waals surface area (Å²) in [6.07, 6.45) is 7.38. The lowest BCUT2D eigenvalue weighted by molar-refractivity contribution is -0.384. The first-order chi connectivity index (χ1) is 18.8. The molecule has 4 rings (SSSR count). The second-order valence-corrected chi connectivity index (χ2v) is 8.75. The number of non-ortho nitro benzene ring substituents is 1. The molecule has 1 aliphatic rings. The van der Waals surface area contributed by atoms with Gasteiger partial charge in [0.05, 0.1) is 34.8 Å². The molecule has 39 heavy (non-hydrogen) atoms. The van der Waals surface area contributed by atoms with E-state index in [9.17, 15) is 19.7 Å². The topological polar surface area (TPSA) is 149 Å². The molecule has 0 saturated heterocycles. The highest BCUT2D eigenvalue weighted by Crippen LogP contribution is 2.40. The Morgan fingerprint density at radius 1 is 1.10 bits per heavy atom.